The first-order valence-electron chi connectivity index (χ1n) is 6.20. The summed E-state index contributed by atoms with van der Waals surface area (Å²) in [6.07, 6.45) is 0.230. The largest absolute Gasteiger partial charge is 0.408 e. The summed E-state index contributed by atoms with van der Waals surface area (Å²) in [5.74, 6) is 0.823. The zero-order valence-corrected chi connectivity index (χ0v) is 11.2. The van der Waals surface area contributed by atoms with Gasteiger partial charge in [-0.3, -0.25) is 4.68 Å². The lowest BCUT2D eigenvalue weighted by molar-refractivity contribution is -0.142. The molecule has 0 atom stereocenters. The second-order valence-electron chi connectivity index (χ2n) is 4.77. The first-order chi connectivity index (χ1) is 9.35. The van der Waals surface area contributed by atoms with Gasteiger partial charge in [0.25, 0.3) is 0 Å². The molecule has 0 bridgehead atoms. The molecule has 2 heterocycles. The number of anilines is 1. The zero-order valence-electron chi connectivity index (χ0n) is 11.2. The van der Waals surface area contributed by atoms with Crippen molar-refractivity contribution in [2.24, 2.45) is 0 Å². The fraction of sp³-hybridized carbons (Fsp3) is 0.500. The van der Waals surface area contributed by atoms with Gasteiger partial charge in [0.2, 0.25) is 0 Å². The lowest BCUT2D eigenvalue weighted by Gasteiger charge is -2.11. The van der Waals surface area contributed by atoms with E-state index in [0.717, 1.165) is 10.5 Å². The van der Waals surface area contributed by atoms with Gasteiger partial charge in [0.05, 0.1) is 12.4 Å². The van der Waals surface area contributed by atoms with Crippen LogP contribution in [-0.2, 0) is 13.1 Å². The second kappa shape index (κ2) is 5.56. The average molecular weight is 287 g/mol. The van der Waals surface area contributed by atoms with Crippen molar-refractivity contribution >= 4 is 5.82 Å². The number of hydrogen-bond donors (Lipinski definition) is 1. The predicted octanol–water partition coefficient (Wildman–Crippen LogP) is 2.83. The number of nitrogens with one attached hydrogen (secondary N) is 1. The maximum atomic E-state index is 12.2. The van der Waals surface area contributed by atoms with Crippen LogP contribution in [0.4, 0.5) is 19.0 Å². The molecule has 0 amide bonds. The molecule has 0 unspecified atom stereocenters. The van der Waals surface area contributed by atoms with Crippen LogP contribution in [0.3, 0.4) is 0 Å². The van der Waals surface area contributed by atoms with Gasteiger partial charge >= 0.3 is 6.18 Å². The molecule has 1 N–H and O–H groups in total. The average Bonchev–Trinajstić information content (AvgIpc) is 2.92. The number of alkyl halides is 3. The van der Waals surface area contributed by atoms with E-state index in [9.17, 15) is 13.2 Å². The fourth-order valence-electron chi connectivity index (χ4n) is 1.83. The van der Waals surface area contributed by atoms with Crippen LogP contribution in [-0.4, -0.2) is 25.7 Å². The molecule has 5 nitrogen and oxygen atoms in total. The van der Waals surface area contributed by atoms with Crippen LogP contribution >= 0.6 is 0 Å². The van der Waals surface area contributed by atoms with E-state index in [1.807, 2.05) is 19.9 Å². The van der Waals surface area contributed by atoms with Crippen molar-refractivity contribution in [3.8, 4) is 0 Å². The minimum Gasteiger partial charge on any atom is -0.366 e. The van der Waals surface area contributed by atoms with E-state index in [1.165, 1.54) is 12.4 Å². The van der Waals surface area contributed by atoms with Crippen LogP contribution < -0.4 is 5.32 Å². The molecule has 0 saturated carbocycles. The molecule has 0 fully saturated rings. The van der Waals surface area contributed by atoms with Crippen LogP contribution in [0.2, 0.25) is 0 Å². The van der Waals surface area contributed by atoms with Crippen LogP contribution in [0.15, 0.2) is 24.7 Å². The van der Waals surface area contributed by atoms with Gasteiger partial charge in [0.15, 0.2) is 0 Å². The first-order valence-corrected chi connectivity index (χ1v) is 6.20. The SMILES string of the molecule is CC(C)n1nccc1NCc1cnn(CC(F)(F)F)c1. The second-order valence-corrected chi connectivity index (χ2v) is 4.77. The maximum absolute atomic E-state index is 12.2. The number of rotatable bonds is 5. The molecule has 110 valence electrons. The number of hydrogen-bond acceptors (Lipinski definition) is 3. The van der Waals surface area contributed by atoms with Crippen molar-refractivity contribution in [3.05, 3.63) is 30.2 Å². The van der Waals surface area contributed by atoms with Crippen LogP contribution in [0.1, 0.15) is 25.5 Å². The fourth-order valence-corrected chi connectivity index (χ4v) is 1.83. The number of halogens is 3. The molecule has 20 heavy (non-hydrogen) atoms. The third-order valence-electron chi connectivity index (χ3n) is 2.66. The van der Waals surface area contributed by atoms with E-state index in [4.69, 9.17) is 0 Å². The van der Waals surface area contributed by atoms with Crippen molar-refractivity contribution in [3.63, 3.8) is 0 Å². The normalized spacial score (nSPS) is 12.1. The highest BCUT2D eigenvalue weighted by Gasteiger charge is 2.28. The molecule has 0 aliphatic heterocycles. The number of aromatic nitrogens is 4. The maximum Gasteiger partial charge on any atom is 0.408 e. The Kier molecular flexibility index (Phi) is 4.01. The highest BCUT2D eigenvalue weighted by atomic mass is 19.4. The standard InChI is InChI=1S/C12H16F3N5/c1-9(2)20-11(3-4-17-20)16-5-10-6-18-19(7-10)8-12(13,14)15/h3-4,6-7,9,16H,5,8H2,1-2H3. The Morgan fingerprint density at radius 3 is 2.70 bits per heavy atom. The van der Waals surface area contributed by atoms with Crippen molar-refractivity contribution in [2.45, 2.75) is 39.2 Å². The van der Waals surface area contributed by atoms with Gasteiger partial charge in [0, 0.05) is 30.4 Å². The molecule has 2 aromatic rings. The third kappa shape index (κ3) is 3.75. The van der Waals surface area contributed by atoms with Gasteiger partial charge in [0.1, 0.15) is 12.4 Å². The third-order valence-corrected chi connectivity index (χ3v) is 2.66. The summed E-state index contributed by atoms with van der Waals surface area (Å²) in [6.45, 7) is 3.33. The van der Waals surface area contributed by atoms with Gasteiger partial charge < -0.3 is 5.32 Å². The highest BCUT2D eigenvalue weighted by Crippen LogP contribution is 2.18. The van der Waals surface area contributed by atoms with Crippen molar-refractivity contribution < 1.29 is 13.2 Å². The number of nitrogens with zero attached hydrogens (tertiary/aromatic N) is 4. The molecular formula is C12H16F3N5. The summed E-state index contributed by atoms with van der Waals surface area (Å²) >= 11 is 0. The molecule has 0 radical (unpaired) electrons. The van der Waals surface area contributed by atoms with E-state index < -0.39 is 12.7 Å². The zero-order chi connectivity index (χ0) is 14.8. The Hall–Kier alpha value is -1.99. The van der Waals surface area contributed by atoms with Crippen LogP contribution in [0.25, 0.3) is 0 Å². The monoisotopic (exact) mass is 287 g/mol. The van der Waals surface area contributed by atoms with Gasteiger partial charge in [-0.1, -0.05) is 0 Å². The lowest BCUT2D eigenvalue weighted by atomic mass is 10.3. The molecular weight excluding hydrogens is 271 g/mol. The molecule has 0 saturated heterocycles. The minimum atomic E-state index is -4.26. The van der Waals surface area contributed by atoms with E-state index in [0.29, 0.717) is 12.1 Å². The Balaban J connectivity index is 1.96. The summed E-state index contributed by atoms with van der Waals surface area (Å²) in [5, 5.41) is 11.0. The molecule has 0 aromatic carbocycles. The summed E-state index contributed by atoms with van der Waals surface area (Å²) in [6, 6.07) is 2.03. The molecule has 0 aliphatic carbocycles. The Labute approximate surface area is 114 Å². The molecule has 2 rings (SSSR count). The van der Waals surface area contributed by atoms with Gasteiger partial charge in [-0.05, 0) is 13.8 Å². The van der Waals surface area contributed by atoms with Crippen molar-refractivity contribution in [2.75, 3.05) is 5.32 Å². The molecule has 0 aliphatic rings. The van der Waals surface area contributed by atoms with Gasteiger partial charge in [-0.15, -0.1) is 0 Å². The quantitative estimate of drug-likeness (QED) is 0.920. The van der Waals surface area contributed by atoms with E-state index in [2.05, 4.69) is 15.5 Å². The topological polar surface area (TPSA) is 47.7 Å². The predicted molar refractivity (Wildman–Crippen MR) is 68.2 cm³/mol. The van der Waals surface area contributed by atoms with Crippen molar-refractivity contribution in [1.29, 1.82) is 0 Å². The van der Waals surface area contributed by atoms with Crippen molar-refractivity contribution in [1.82, 2.24) is 19.6 Å². The highest BCUT2D eigenvalue weighted by molar-refractivity contribution is 5.35. The van der Waals surface area contributed by atoms with Crippen LogP contribution in [0, 0.1) is 0 Å². The van der Waals surface area contributed by atoms with E-state index in [-0.39, 0.29) is 6.04 Å². The summed E-state index contributed by atoms with van der Waals surface area (Å²) in [7, 11) is 0. The lowest BCUT2D eigenvalue weighted by Crippen LogP contribution is -2.17. The summed E-state index contributed by atoms with van der Waals surface area (Å²) in [5.41, 5.74) is 0.686. The van der Waals surface area contributed by atoms with E-state index in [1.54, 1.807) is 10.9 Å². The molecule has 8 heteroatoms. The summed E-state index contributed by atoms with van der Waals surface area (Å²) < 4.78 is 39.3. The van der Waals surface area contributed by atoms with Gasteiger partial charge in [-0.2, -0.15) is 23.4 Å². The van der Waals surface area contributed by atoms with Gasteiger partial charge in [-0.25, -0.2) is 4.68 Å². The molecule has 0 spiro atoms. The molecule has 2 aromatic heterocycles. The van der Waals surface area contributed by atoms with E-state index >= 15 is 0 Å². The Morgan fingerprint density at radius 1 is 1.30 bits per heavy atom. The minimum absolute atomic E-state index is 0.209. The Morgan fingerprint density at radius 2 is 2.05 bits per heavy atom. The Bertz CT molecular complexity index is 555. The first kappa shape index (κ1) is 14.4. The smallest absolute Gasteiger partial charge is 0.366 e. The van der Waals surface area contributed by atoms with Crippen LogP contribution in [0.5, 0.6) is 0 Å². The summed E-state index contributed by atoms with van der Waals surface area (Å²) in [4.78, 5) is 0.